The molecule has 16 heavy (non-hydrogen) atoms. The molecular weight excluding hydrogens is 194 g/mol. The third kappa shape index (κ3) is 1.47. The van der Waals surface area contributed by atoms with E-state index in [4.69, 9.17) is 0 Å². The van der Waals surface area contributed by atoms with Crippen LogP contribution < -0.4 is 0 Å². The first-order valence-corrected chi connectivity index (χ1v) is 6.79. The Balaban J connectivity index is 3.16. The molecule has 96 valence electrons. The Morgan fingerprint density at radius 1 is 0.938 bits per heavy atom. The van der Waals surface area contributed by atoms with Gasteiger partial charge in [0.1, 0.15) is 0 Å². The number of hydrogen-bond acceptors (Lipinski definition) is 1. The topological polar surface area (TPSA) is 3.01 Å². The van der Waals surface area contributed by atoms with E-state index in [0.29, 0.717) is 16.5 Å². The molecule has 0 aromatic rings. The minimum absolute atomic E-state index is 0.270. The minimum atomic E-state index is 0.270. The largest absolute Gasteiger partial charge is 0.283 e. The summed E-state index contributed by atoms with van der Waals surface area (Å²) in [6, 6.07) is 0. The second-order valence-electron chi connectivity index (χ2n) is 7.44. The van der Waals surface area contributed by atoms with E-state index < -0.39 is 0 Å². The van der Waals surface area contributed by atoms with Crippen molar-refractivity contribution in [1.82, 2.24) is 4.90 Å². The van der Waals surface area contributed by atoms with Gasteiger partial charge < -0.3 is 0 Å². The van der Waals surface area contributed by atoms with Gasteiger partial charge in [0.05, 0.1) is 0 Å². The van der Waals surface area contributed by atoms with E-state index in [2.05, 4.69) is 67.2 Å². The maximum absolute atomic E-state index is 2.73. The van der Waals surface area contributed by atoms with Crippen LogP contribution in [0, 0.1) is 5.41 Å². The van der Waals surface area contributed by atoms with Crippen LogP contribution in [0.1, 0.15) is 75.2 Å². The molecule has 1 aliphatic rings. The van der Waals surface area contributed by atoms with Crippen molar-refractivity contribution in [1.29, 1.82) is 0 Å². The summed E-state index contributed by atoms with van der Waals surface area (Å²) in [6.45, 7) is 21.4. The summed E-state index contributed by atoms with van der Waals surface area (Å²) in [4.78, 5) is 2.73. The first-order valence-electron chi connectivity index (χ1n) is 6.79. The Hall–Kier alpha value is -0.0400. The highest BCUT2D eigenvalue weighted by atomic mass is 15.5. The average Bonchev–Trinajstić information content (AvgIpc) is 2.66. The van der Waals surface area contributed by atoms with Crippen molar-refractivity contribution in [2.24, 2.45) is 5.41 Å². The van der Waals surface area contributed by atoms with Crippen LogP contribution in [0.15, 0.2) is 0 Å². The zero-order chi connectivity index (χ0) is 13.0. The summed E-state index contributed by atoms with van der Waals surface area (Å²) in [5.74, 6) is 0. The van der Waals surface area contributed by atoms with Crippen molar-refractivity contribution >= 4 is 0 Å². The highest BCUT2D eigenvalue weighted by Gasteiger charge is 2.75. The zero-order valence-electron chi connectivity index (χ0n) is 12.9. The predicted molar refractivity (Wildman–Crippen MR) is 72.8 cm³/mol. The lowest BCUT2D eigenvalue weighted by atomic mass is 9.71. The average molecular weight is 225 g/mol. The molecule has 0 bridgehead atoms. The summed E-state index contributed by atoms with van der Waals surface area (Å²) in [7, 11) is 0. The van der Waals surface area contributed by atoms with Gasteiger partial charge in [-0.1, -0.05) is 27.7 Å². The van der Waals surface area contributed by atoms with E-state index in [9.17, 15) is 0 Å². The number of nitrogens with zero attached hydrogens (tertiary/aromatic N) is 1. The second-order valence-corrected chi connectivity index (χ2v) is 7.44. The van der Waals surface area contributed by atoms with Gasteiger partial charge in [0.25, 0.3) is 0 Å². The van der Waals surface area contributed by atoms with Crippen molar-refractivity contribution in [2.45, 2.75) is 91.8 Å². The third-order valence-corrected chi connectivity index (χ3v) is 5.50. The van der Waals surface area contributed by atoms with E-state index in [1.165, 1.54) is 12.8 Å². The molecule has 0 aromatic carbocycles. The molecule has 3 unspecified atom stereocenters. The molecule has 0 aliphatic carbocycles. The van der Waals surface area contributed by atoms with E-state index in [1.807, 2.05) is 0 Å². The summed E-state index contributed by atoms with van der Waals surface area (Å²) in [6.07, 6.45) is 2.48. The van der Waals surface area contributed by atoms with Crippen molar-refractivity contribution in [2.75, 3.05) is 0 Å². The van der Waals surface area contributed by atoms with Crippen LogP contribution in [0.5, 0.6) is 0 Å². The van der Waals surface area contributed by atoms with Crippen LogP contribution in [0.3, 0.4) is 0 Å². The van der Waals surface area contributed by atoms with Crippen molar-refractivity contribution in [3.63, 3.8) is 0 Å². The molecule has 0 spiro atoms. The zero-order valence-corrected chi connectivity index (χ0v) is 12.9. The molecule has 1 heterocycles. The monoisotopic (exact) mass is 225 g/mol. The first-order chi connectivity index (χ1) is 6.99. The third-order valence-electron chi connectivity index (χ3n) is 5.50. The maximum atomic E-state index is 2.73. The molecule has 3 atom stereocenters. The molecule has 0 saturated carbocycles. The molecule has 0 aromatic heterocycles. The van der Waals surface area contributed by atoms with Gasteiger partial charge in [0.2, 0.25) is 0 Å². The molecule has 1 fully saturated rings. The lowest BCUT2D eigenvalue weighted by Crippen LogP contribution is -2.40. The quantitative estimate of drug-likeness (QED) is 0.641. The molecule has 0 N–H and O–H groups in total. The van der Waals surface area contributed by atoms with Crippen LogP contribution in [0.25, 0.3) is 0 Å². The van der Waals surface area contributed by atoms with Gasteiger partial charge in [-0.2, -0.15) is 0 Å². The van der Waals surface area contributed by atoms with Gasteiger partial charge in [-0.25, -0.2) is 0 Å². The lowest BCUT2D eigenvalue weighted by Gasteiger charge is -2.36. The molecule has 1 saturated heterocycles. The molecule has 0 amide bonds. The van der Waals surface area contributed by atoms with E-state index in [0.717, 1.165) is 0 Å². The fraction of sp³-hybridized carbons (Fsp3) is 1.00. The van der Waals surface area contributed by atoms with Gasteiger partial charge in [-0.05, 0) is 52.9 Å². The summed E-state index contributed by atoms with van der Waals surface area (Å²) in [5, 5.41) is 0. The van der Waals surface area contributed by atoms with Gasteiger partial charge in [0.15, 0.2) is 0 Å². The van der Waals surface area contributed by atoms with E-state index >= 15 is 0 Å². The molecule has 0 radical (unpaired) electrons. The van der Waals surface area contributed by atoms with Gasteiger partial charge in [0, 0.05) is 16.6 Å². The fourth-order valence-corrected chi connectivity index (χ4v) is 3.96. The molecule has 1 nitrogen and oxygen atoms in total. The van der Waals surface area contributed by atoms with Crippen LogP contribution in [-0.2, 0) is 0 Å². The number of rotatable bonds is 3. The van der Waals surface area contributed by atoms with Crippen LogP contribution in [0.2, 0.25) is 0 Å². The molecule has 1 aliphatic heterocycles. The van der Waals surface area contributed by atoms with Crippen molar-refractivity contribution < 1.29 is 0 Å². The Kier molecular flexibility index (Phi) is 3.05. The number of hydrogen-bond donors (Lipinski definition) is 0. The summed E-state index contributed by atoms with van der Waals surface area (Å²) in [5.41, 5.74) is 1.35. The maximum Gasteiger partial charge on any atom is 0.0424 e. The highest BCUT2D eigenvalue weighted by Crippen LogP contribution is 2.66. The summed E-state index contributed by atoms with van der Waals surface area (Å²) >= 11 is 0. The Bertz CT molecular complexity index is 274. The van der Waals surface area contributed by atoms with E-state index in [1.54, 1.807) is 0 Å². The lowest BCUT2D eigenvalue weighted by molar-refractivity contribution is 0.146. The Labute approximate surface area is 103 Å². The molecule has 1 rings (SSSR count). The van der Waals surface area contributed by atoms with E-state index in [-0.39, 0.29) is 5.54 Å². The second kappa shape index (κ2) is 3.48. The SMILES string of the molecule is CCC(C)(C)C1(C)N(C(C)(C)C)C1(C)CC. The minimum Gasteiger partial charge on any atom is -0.283 e. The van der Waals surface area contributed by atoms with Crippen LogP contribution in [-0.4, -0.2) is 21.5 Å². The fourth-order valence-electron chi connectivity index (χ4n) is 3.96. The normalized spacial score (nSPS) is 39.9. The van der Waals surface area contributed by atoms with Crippen LogP contribution >= 0.6 is 0 Å². The smallest absolute Gasteiger partial charge is 0.0424 e. The van der Waals surface area contributed by atoms with Gasteiger partial charge in [-0.3, -0.25) is 4.90 Å². The predicted octanol–water partition coefficient (Wildman–Crippen LogP) is 4.46. The molecule has 1 heteroatoms. The van der Waals surface area contributed by atoms with Gasteiger partial charge >= 0.3 is 0 Å². The summed E-state index contributed by atoms with van der Waals surface area (Å²) < 4.78 is 0. The first kappa shape index (κ1) is 14.0. The Morgan fingerprint density at radius 2 is 1.38 bits per heavy atom. The van der Waals surface area contributed by atoms with Crippen molar-refractivity contribution in [3.8, 4) is 0 Å². The standard InChI is InChI=1S/C15H31N/c1-10-13(6,7)15(9)14(8,11-2)16(15)12(3,4)5/h10-11H2,1-9H3. The van der Waals surface area contributed by atoms with Gasteiger partial charge in [-0.15, -0.1) is 0 Å². The van der Waals surface area contributed by atoms with Crippen LogP contribution in [0.4, 0.5) is 0 Å². The highest BCUT2D eigenvalue weighted by molar-refractivity contribution is 5.31. The Morgan fingerprint density at radius 3 is 1.56 bits per heavy atom. The molecular formula is C15H31N. The van der Waals surface area contributed by atoms with Crippen molar-refractivity contribution in [3.05, 3.63) is 0 Å².